The summed E-state index contributed by atoms with van der Waals surface area (Å²) in [7, 11) is 0. The number of hydrogen-bond acceptors (Lipinski definition) is 2. The second-order valence-corrected chi connectivity index (χ2v) is 2.01. The summed E-state index contributed by atoms with van der Waals surface area (Å²) in [4.78, 5) is 8.08. The molecule has 0 N–H and O–H groups in total. The normalized spacial score (nSPS) is 9.30. The largest absolute Gasteiger partial charge is 0.237 e. The Morgan fingerprint density at radius 3 is 2.50 bits per heavy atom. The molecule has 1 aromatic heterocycles. The smallest absolute Gasteiger partial charge is 0.151 e. The lowest BCUT2D eigenvalue weighted by Gasteiger charge is -1.93. The summed E-state index contributed by atoms with van der Waals surface area (Å²) >= 11 is 0. The minimum atomic E-state index is 0.692. The minimum Gasteiger partial charge on any atom is -0.237 e. The summed E-state index contributed by atoms with van der Waals surface area (Å²) in [5.74, 6) is 0.692. The van der Waals surface area contributed by atoms with E-state index in [0.29, 0.717) is 5.82 Å². The van der Waals surface area contributed by atoms with Gasteiger partial charge in [-0.1, -0.05) is 13.5 Å². The first kappa shape index (κ1) is 6.93. The Balaban J connectivity index is 2.90. The molecule has 0 bridgehead atoms. The molecule has 0 amide bonds. The molecule has 0 saturated heterocycles. The molecule has 10 heavy (non-hydrogen) atoms. The van der Waals surface area contributed by atoms with E-state index < -0.39 is 0 Å². The van der Waals surface area contributed by atoms with Crippen molar-refractivity contribution < 1.29 is 0 Å². The van der Waals surface area contributed by atoms with E-state index in [4.69, 9.17) is 0 Å². The maximum atomic E-state index is 4.04. The molecule has 0 saturated carbocycles. The number of aryl methyl sites for hydroxylation is 1. The zero-order valence-corrected chi connectivity index (χ0v) is 6.04. The lowest BCUT2D eigenvalue weighted by Crippen LogP contribution is -1.88. The predicted octanol–water partition coefficient (Wildman–Crippen LogP) is 1.68. The predicted molar refractivity (Wildman–Crippen MR) is 41.5 cm³/mol. The van der Waals surface area contributed by atoms with E-state index in [0.717, 1.165) is 12.0 Å². The van der Waals surface area contributed by atoms with Gasteiger partial charge in [0.1, 0.15) is 0 Å². The first-order valence-corrected chi connectivity index (χ1v) is 3.30. The third-order valence-electron chi connectivity index (χ3n) is 1.32. The van der Waals surface area contributed by atoms with E-state index in [1.54, 1.807) is 6.08 Å². The third-order valence-corrected chi connectivity index (χ3v) is 1.32. The SMILES string of the molecule is C=Cc1ncc(CC)cn1. The van der Waals surface area contributed by atoms with Gasteiger partial charge in [-0.15, -0.1) is 0 Å². The standard InChI is InChI=1S/C8H10N2/c1-3-7-5-9-8(4-2)10-6-7/h4-6H,2-3H2,1H3. The zero-order chi connectivity index (χ0) is 7.40. The van der Waals surface area contributed by atoms with Crippen LogP contribution in [0.3, 0.4) is 0 Å². The summed E-state index contributed by atoms with van der Waals surface area (Å²) in [5.41, 5.74) is 1.16. The first-order chi connectivity index (χ1) is 4.86. The number of aromatic nitrogens is 2. The van der Waals surface area contributed by atoms with Crippen LogP contribution in [0.25, 0.3) is 6.08 Å². The molecule has 0 unspecified atom stereocenters. The quantitative estimate of drug-likeness (QED) is 0.615. The average molecular weight is 134 g/mol. The van der Waals surface area contributed by atoms with Gasteiger partial charge in [-0.25, -0.2) is 9.97 Å². The van der Waals surface area contributed by atoms with Crippen molar-refractivity contribution in [2.24, 2.45) is 0 Å². The van der Waals surface area contributed by atoms with Crippen LogP contribution in [0.4, 0.5) is 0 Å². The van der Waals surface area contributed by atoms with E-state index in [2.05, 4.69) is 23.5 Å². The fourth-order valence-corrected chi connectivity index (χ4v) is 0.653. The molecule has 0 aliphatic rings. The Bertz CT molecular complexity index is 213. The molecular formula is C8H10N2. The van der Waals surface area contributed by atoms with Crippen molar-refractivity contribution in [2.45, 2.75) is 13.3 Å². The highest BCUT2D eigenvalue weighted by Gasteiger charge is 1.89. The summed E-state index contributed by atoms with van der Waals surface area (Å²) in [6.45, 7) is 5.64. The third kappa shape index (κ3) is 1.41. The van der Waals surface area contributed by atoms with Crippen molar-refractivity contribution in [1.29, 1.82) is 0 Å². The molecule has 0 aliphatic carbocycles. The average Bonchev–Trinajstić information content (AvgIpc) is 2.05. The van der Waals surface area contributed by atoms with Crippen LogP contribution in [0.2, 0.25) is 0 Å². The molecule has 1 heterocycles. The molecule has 52 valence electrons. The fourth-order valence-electron chi connectivity index (χ4n) is 0.653. The van der Waals surface area contributed by atoms with Crippen LogP contribution in [0, 0.1) is 0 Å². The van der Waals surface area contributed by atoms with Crippen molar-refractivity contribution in [3.63, 3.8) is 0 Å². The van der Waals surface area contributed by atoms with E-state index >= 15 is 0 Å². The minimum absolute atomic E-state index is 0.692. The van der Waals surface area contributed by atoms with Crippen LogP contribution in [0.1, 0.15) is 18.3 Å². The molecule has 0 spiro atoms. The van der Waals surface area contributed by atoms with Crippen LogP contribution in [0.5, 0.6) is 0 Å². The van der Waals surface area contributed by atoms with Crippen LogP contribution in [-0.2, 0) is 6.42 Å². The molecule has 1 aromatic rings. The van der Waals surface area contributed by atoms with Gasteiger partial charge in [0.2, 0.25) is 0 Å². The maximum absolute atomic E-state index is 4.04. The van der Waals surface area contributed by atoms with Crippen LogP contribution >= 0.6 is 0 Å². The van der Waals surface area contributed by atoms with Crippen molar-refractivity contribution in [1.82, 2.24) is 9.97 Å². The van der Waals surface area contributed by atoms with Gasteiger partial charge >= 0.3 is 0 Å². The highest BCUT2D eigenvalue weighted by molar-refractivity contribution is 5.35. The fraction of sp³-hybridized carbons (Fsp3) is 0.250. The monoisotopic (exact) mass is 134 g/mol. The van der Waals surface area contributed by atoms with E-state index in [9.17, 15) is 0 Å². The zero-order valence-electron chi connectivity index (χ0n) is 6.04. The van der Waals surface area contributed by atoms with Gasteiger partial charge in [0.25, 0.3) is 0 Å². The van der Waals surface area contributed by atoms with Crippen LogP contribution in [0.15, 0.2) is 19.0 Å². The van der Waals surface area contributed by atoms with Crippen LogP contribution < -0.4 is 0 Å². The highest BCUT2D eigenvalue weighted by atomic mass is 14.8. The Labute approximate surface area is 60.6 Å². The van der Waals surface area contributed by atoms with Crippen molar-refractivity contribution in [3.8, 4) is 0 Å². The second kappa shape index (κ2) is 3.11. The Hall–Kier alpha value is -1.18. The molecule has 0 fully saturated rings. The van der Waals surface area contributed by atoms with Gasteiger partial charge in [0.15, 0.2) is 5.82 Å². The molecule has 2 heteroatoms. The van der Waals surface area contributed by atoms with Crippen LogP contribution in [-0.4, -0.2) is 9.97 Å². The second-order valence-electron chi connectivity index (χ2n) is 2.01. The molecular weight excluding hydrogens is 124 g/mol. The van der Waals surface area contributed by atoms with Gasteiger partial charge in [-0.3, -0.25) is 0 Å². The van der Waals surface area contributed by atoms with E-state index in [1.807, 2.05) is 12.4 Å². The number of nitrogens with zero attached hydrogens (tertiary/aromatic N) is 2. The number of hydrogen-bond donors (Lipinski definition) is 0. The summed E-state index contributed by atoms with van der Waals surface area (Å²) in [6, 6.07) is 0. The Morgan fingerprint density at radius 2 is 2.10 bits per heavy atom. The number of rotatable bonds is 2. The van der Waals surface area contributed by atoms with Gasteiger partial charge in [0, 0.05) is 12.4 Å². The van der Waals surface area contributed by atoms with Gasteiger partial charge in [-0.2, -0.15) is 0 Å². The Kier molecular flexibility index (Phi) is 2.15. The lowest BCUT2D eigenvalue weighted by atomic mass is 10.3. The van der Waals surface area contributed by atoms with Crippen molar-refractivity contribution >= 4 is 6.08 Å². The summed E-state index contributed by atoms with van der Waals surface area (Å²) < 4.78 is 0. The molecule has 2 nitrogen and oxygen atoms in total. The summed E-state index contributed by atoms with van der Waals surface area (Å²) in [5, 5.41) is 0. The van der Waals surface area contributed by atoms with E-state index in [-0.39, 0.29) is 0 Å². The van der Waals surface area contributed by atoms with Crippen molar-refractivity contribution in [2.75, 3.05) is 0 Å². The molecule has 0 atom stereocenters. The van der Waals surface area contributed by atoms with Gasteiger partial charge < -0.3 is 0 Å². The molecule has 0 radical (unpaired) electrons. The summed E-state index contributed by atoms with van der Waals surface area (Å²) in [6.07, 6.45) is 6.27. The Morgan fingerprint density at radius 1 is 1.50 bits per heavy atom. The first-order valence-electron chi connectivity index (χ1n) is 3.30. The van der Waals surface area contributed by atoms with E-state index in [1.165, 1.54) is 0 Å². The molecule has 0 aromatic carbocycles. The maximum Gasteiger partial charge on any atom is 0.151 e. The highest BCUT2D eigenvalue weighted by Crippen LogP contribution is 1.96. The van der Waals surface area contributed by atoms with Gasteiger partial charge in [-0.05, 0) is 18.1 Å². The topological polar surface area (TPSA) is 25.8 Å². The van der Waals surface area contributed by atoms with Crippen molar-refractivity contribution in [3.05, 3.63) is 30.4 Å². The molecule has 1 rings (SSSR count). The van der Waals surface area contributed by atoms with Gasteiger partial charge in [0.05, 0.1) is 0 Å². The lowest BCUT2D eigenvalue weighted by molar-refractivity contribution is 1.03. The molecule has 0 aliphatic heterocycles.